The molecule has 0 saturated heterocycles. The number of carbonyl (C=O) groups excluding carboxylic acids is 1. The first-order chi connectivity index (χ1) is 9.90. The Labute approximate surface area is 135 Å². The maximum Gasteiger partial charge on any atom is 0.339 e. The van der Waals surface area contributed by atoms with Gasteiger partial charge in [0, 0.05) is 5.02 Å². The number of hydrogen-bond donors (Lipinski definition) is 2. The van der Waals surface area contributed by atoms with Crippen molar-refractivity contribution in [2.24, 2.45) is 0 Å². The van der Waals surface area contributed by atoms with Crippen molar-refractivity contribution in [3.63, 3.8) is 0 Å². The molecule has 0 bridgehead atoms. The molecule has 0 radical (unpaired) electrons. The van der Waals surface area contributed by atoms with E-state index in [2.05, 4.69) is 5.32 Å². The summed E-state index contributed by atoms with van der Waals surface area (Å²) in [6.07, 6.45) is 0. The maximum absolute atomic E-state index is 12.2. The fourth-order valence-corrected chi connectivity index (χ4v) is 2.46. The van der Waals surface area contributed by atoms with Crippen LogP contribution in [0.15, 0.2) is 36.4 Å². The van der Waals surface area contributed by atoms with Gasteiger partial charge in [-0.15, -0.1) is 0 Å². The molecule has 2 aromatic carbocycles. The molecule has 0 aliphatic carbocycles. The smallest absolute Gasteiger partial charge is 0.339 e. The zero-order chi connectivity index (χ0) is 15.6. The highest BCUT2D eigenvalue weighted by Gasteiger charge is 2.18. The Morgan fingerprint density at radius 3 is 2.33 bits per heavy atom. The van der Waals surface area contributed by atoms with Crippen molar-refractivity contribution in [3.05, 3.63) is 62.6 Å². The molecule has 4 nitrogen and oxygen atoms in total. The molecule has 0 heterocycles. The van der Waals surface area contributed by atoms with Gasteiger partial charge in [-0.2, -0.15) is 0 Å². The fourth-order valence-electron chi connectivity index (χ4n) is 1.71. The van der Waals surface area contributed by atoms with Crippen molar-refractivity contribution in [3.8, 4) is 0 Å². The minimum Gasteiger partial charge on any atom is -0.478 e. The second kappa shape index (κ2) is 6.35. The lowest BCUT2D eigenvalue weighted by Gasteiger charge is -2.10. The molecule has 0 fully saturated rings. The number of benzene rings is 2. The van der Waals surface area contributed by atoms with Gasteiger partial charge >= 0.3 is 5.97 Å². The van der Waals surface area contributed by atoms with Crippen LogP contribution in [-0.4, -0.2) is 17.0 Å². The number of aromatic carboxylic acids is 1. The molecule has 0 spiro atoms. The van der Waals surface area contributed by atoms with E-state index in [0.29, 0.717) is 5.02 Å². The summed E-state index contributed by atoms with van der Waals surface area (Å²) in [5.74, 6) is -1.79. The van der Waals surface area contributed by atoms with Crippen LogP contribution in [0, 0.1) is 0 Å². The molecular formula is C14H8Cl3NO3. The Morgan fingerprint density at radius 2 is 1.71 bits per heavy atom. The average molecular weight is 345 g/mol. The highest BCUT2D eigenvalue weighted by atomic mass is 35.5. The summed E-state index contributed by atoms with van der Waals surface area (Å²) >= 11 is 17.5. The van der Waals surface area contributed by atoms with E-state index in [1.165, 1.54) is 36.4 Å². The number of nitrogens with one attached hydrogen (secondary N) is 1. The predicted molar refractivity (Wildman–Crippen MR) is 82.8 cm³/mol. The van der Waals surface area contributed by atoms with E-state index in [1.54, 1.807) is 0 Å². The van der Waals surface area contributed by atoms with E-state index in [4.69, 9.17) is 39.9 Å². The lowest BCUT2D eigenvalue weighted by molar-refractivity contribution is 0.0698. The molecule has 21 heavy (non-hydrogen) atoms. The number of hydrogen-bond acceptors (Lipinski definition) is 2. The minimum absolute atomic E-state index is 0.0301. The van der Waals surface area contributed by atoms with Crippen molar-refractivity contribution in [1.29, 1.82) is 0 Å². The van der Waals surface area contributed by atoms with Gasteiger partial charge in [-0.1, -0.05) is 40.9 Å². The third-order valence-corrected chi connectivity index (χ3v) is 3.51. The highest BCUT2D eigenvalue weighted by molar-refractivity contribution is 6.37. The summed E-state index contributed by atoms with van der Waals surface area (Å²) < 4.78 is 0. The Kier molecular flexibility index (Phi) is 4.73. The molecule has 0 atom stereocenters. The number of carboxylic acids is 1. The summed E-state index contributed by atoms with van der Waals surface area (Å²) in [6, 6.07) is 8.79. The Balaban J connectivity index is 2.36. The minimum atomic E-state index is -1.24. The molecular weight excluding hydrogens is 337 g/mol. The van der Waals surface area contributed by atoms with Crippen LogP contribution in [0.3, 0.4) is 0 Å². The zero-order valence-electron chi connectivity index (χ0n) is 10.4. The molecule has 108 valence electrons. The maximum atomic E-state index is 12.2. The van der Waals surface area contributed by atoms with Gasteiger partial charge in [-0.25, -0.2) is 4.79 Å². The summed E-state index contributed by atoms with van der Waals surface area (Å²) in [5.41, 5.74) is 0.0843. The van der Waals surface area contributed by atoms with Crippen LogP contribution in [0.2, 0.25) is 15.1 Å². The van der Waals surface area contributed by atoms with E-state index in [9.17, 15) is 9.59 Å². The number of amides is 1. The molecule has 7 heteroatoms. The predicted octanol–water partition coefficient (Wildman–Crippen LogP) is 4.60. The molecule has 0 aliphatic rings. The van der Waals surface area contributed by atoms with Gasteiger partial charge in [0.2, 0.25) is 0 Å². The van der Waals surface area contributed by atoms with E-state index in [0.717, 1.165) is 0 Å². The number of carbonyl (C=O) groups is 2. The van der Waals surface area contributed by atoms with E-state index >= 15 is 0 Å². The van der Waals surface area contributed by atoms with Crippen LogP contribution in [0.4, 0.5) is 5.69 Å². The fraction of sp³-hybridized carbons (Fsp3) is 0. The van der Waals surface area contributed by atoms with Gasteiger partial charge in [0.05, 0.1) is 21.3 Å². The Bertz CT molecular complexity index is 731. The van der Waals surface area contributed by atoms with Gasteiger partial charge < -0.3 is 10.4 Å². The largest absolute Gasteiger partial charge is 0.478 e. The monoisotopic (exact) mass is 343 g/mol. The topological polar surface area (TPSA) is 66.4 Å². The van der Waals surface area contributed by atoms with E-state index in [1.807, 2.05) is 0 Å². The van der Waals surface area contributed by atoms with Crippen LogP contribution in [0.25, 0.3) is 0 Å². The number of carboxylic acid groups (broad SMARTS) is 1. The van der Waals surface area contributed by atoms with Crippen LogP contribution >= 0.6 is 34.8 Å². The molecule has 1 amide bonds. The molecule has 0 unspecified atom stereocenters. The first kappa shape index (κ1) is 15.6. The number of anilines is 1. The van der Waals surface area contributed by atoms with Gasteiger partial charge in [-0.05, 0) is 30.3 Å². The molecule has 0 aromatic heterocycles. The molecule has 0 saturated carbocycles. The van der Waals surface area contributed by atoms with Crippen LogP contribution in [0.5, 0.6) is 0 Å². The Hall–Kier alpha value is -1.75. The summed E-state index contributed by atoms with van der Waals surface area (Å²) in [7, 11) is 0. The Morgan fingerprint density at radius 1 is 1.00 bits per heavy atom. The van der Waals surface area contributed by atoms with Crippen LogP contribution < -0.4 is 5.32 Å². The van der Waals surface area contributed by atoms with Crippen molar-refractivity contribution in [2.45, 2.75) is 0 Å². The quantitative estimate of drug-likeness (QED) is 0.855. The second-order valence-electron chi connectivity index (χ2n) is 4.05. The second-order valence-corrected chi connectivity index (χ2v) is 5.30. The van der Waals surface area contributed by atoms with Gasteiger partial charge in [0.25, 0.3) is 5.91 Å². The molecule has 2 aromatic rings. The van der Waals surface area contributed by atoms with Crippen molar-refractivity contribution in [2.75, 3.05) is 5.32 Å². The van der Waals surface area contributed by atoms with Crippen LogP contribution in [-0.2, 0) is 0 Å². The molecule has 2 rings (SSSR count). The summed E-state index contributed by atoms with van der Waals surface area (Å²) in [5, 5.41) is 12.2. The normalized spacial score (nSPS) is 10.2. The lowest BCUT2D eigenvalue weighted by atomic mass is 10.1. The highest BCUT2D eigenvalue weighted by Crippen LogP contribution is 2.26. The first-order valence-corrected chi connectivity index (χ1v) is 6.81. The first-order valence-electron chi connectivity index (χ1n) is 5.68. The van der Waals surface area contributed by atoms with Crippen molar-refractivity contribution < 1.29 is 14.7 Å². The number of halogens is 3. The van der Waals surface area contributed by atoms with E-state index in [-0.39, 0.29) is 26.9 Å². The zero-order valence-corrected chi connectivity index (χ0v) is 12.6. The summed E-state index contributed by atoms with van der Waals surface area (Å²) in [6.45, 7) is 0. The summed E-state index contributed by atoms with van der Waals surface area (Å²) in [4.78, 5) is 23.4. The van der Waals surface area contributed by atoms with Crippen molar-refractivity contribution in [1.82, 2.24) is 0 Å². The average Bonchev–Trinajstić information content (AvgIpc) is 2.37. The standard InChI is InChI=1S/C14H8Cl3NO3/c15-7-4-5-8(10(17)6-7)13(19)18-11-3-1-2-9(16)12(11)14(20)21/h1-6H,(H,18,19)(H,20,21). The van der Waals surface area contributed by atoms with Crippen molar-refractivity contribution >= 4 is 52.4 Å². The lowest BCUT2D eigenvalue weighted by Crippen LogP contribution is -2.15. The number of rotatable bonds is 3. The van der Waals surface area contributed by atoms with Gasteiger partial charge in [-0.3, -0.25) is 4.79 Å². The van der Waals surface area contributed by atoms with Gasteiger partial charge in [0.15, 0.2) is 0 Å². The van der Waals surface area contributed by atoms with Crippen LogP contribution in [0.1, 0.15) is 20.7 Å². The SMILES string of the molecule is O=C(Nc1cccc(Cl)c1C(=O)O)c1ccc(Cl)cc1Cl. The third kappa shape index (κ3) is 3.47. The third-order valence-electron chi connectivity index (χ3n) is 2.65. The van der Waals surface area contributed by atoms with Gasteiger partial charge in [0.1, 0.15) is 5.56 Å². The molecule has 0 aliphatic heterocycles. The van der Waals surface area contributed by atoms with E-state index < -0.39 is 11.9 Å². The molecule has 2 N–H and O–H groups in total.